The number of nitrogens with zero attached hydrogens (tertiary/aromatic N) is 1. The molecule has 0 saturated carbocycles. The molecule has 1 aliphatic rings. The lowest BCUT2D eigenvalue weighted by molar-refractivity contribution is -0.124. The first-order chi connectivity index (χ1) is 9.90. The highest BCUT2D eigenvalue weighted by molar-refractivity contribution is 6.37. The topological polar surface area (TPSA) is 67.6 Å². The normalized spacial score (nSPS) is 21.0. The van der Waals surface area contributed by atoms with E-state index in [4.69, 9.17) is 33.7 Å². The first-order valence-electron chi connectivity index (χ1n) is 6.79. The number of morpholine rings is 1. The fourth-order valence-electron chi connectivity index (χ4n) is 2.42. The van der Waals surface area contributed by atoms with E-state index in [1.54, 1.807) is 12.1 Å². The molecule has 1 aromatic carbocycles. The minimum atomic E-state index is -0.296. The van der Waals surface area contributed by atoms with Gasteiger partial charge in [0, 0.05) is 17.6 Å². The van der Waals surface area contributed by atoms with Crippen molar-refractivity contribution in [3.8, 4) is 0 Å². The van der Waals surface area contributed by atoms with E-state index in [0.717, 1.165) is 6.54 Å². The van der Waals surface area contributed by atoms with E-state index in [1.165, 1.54) is 0 Å². The van der Waals surface area contributed by atoms with Crippen LogP contribution in [0.5, 0.6) is 0 Å². The molecule has 2 atom stereocenters. The number of carbonyl (C=O) groups excluding carboxylic acids is 1. The molecule has 21 heavy (non-hydrogen) atoms. The molecule has 1 saturated heterocycles. The average molecular weight is 332 g/mol. The molecule has 0 aromatic heterocycles. The predicted molar refractivity (Wildman–Crippen MR) is 86.0 cm³/mol. The van der Waals surface area contributed by atoms with Crippen LogP contribution in [0, 0.1) is 0 Å². The highest BCUT2D eigenvalue weighted by Crippen LogP contribution is 2.32. The lowest BCUT2D eigenvalue weighted by Gasteiger charge is -2.37. The van der Waals surface area contributed by atoms with Crippen molar-refractivity contribution in [2.75, 3.05) is 30.8 Å². The molecular weight excluding hydrogens is 313 g/mol. The van der Waals surface area contributed by atoms with Crippen molar-refractivity contribution in [2.24, 2.45) is 0 Å². The van der Waals surface area contributed by atoms with Crippen molar-refractivity contribution in [1.82, 2.24) is 4.90 Å². The van der Waals surface area contributed by atoms with E-state index in [9.17, 15) is 4.79 Å². The van der Waals surface area contributed by atoms with E-state index >= 15 is 0 Å². The van der Waals surface area contributed by atoms with Gasteiger partial charge in [-0.15, -0.1) is 0 Å². The number of ether oxygens (including phenoxy) is 1. The summed E-state index contributed by atoms with van der Waals surface area (Å²) in [5, 5.41) is 3.55. The number of anilines is 2. The third-order valence-electron chi connectivity index (χ3n) is 3.63. The summed E-state index contributed by atoms with van der Waals surface area (Å²) < 4.78 is 5.38. The summed E-state index contributed by atoms with van der Waals surface area (Å²) in [7, 11) is 0. The first-order valence-corrected chi connectivity index (χ1v) is 7.54. The maximum atomic E-state index is 12.4. The standard InChI is InChI=1S/C14H19Cl2N3O2/c1-8-7-21-4-3-19(8)9(2)14(20)18-13-11(16)5-10(15)6-12(13)17/h5-6,8-9H,3-4,7,17H2,1-2H3,(H,18,20). The SMILES string of the molecule is CC1COCCN1C(C)C(=O)Nc1c(N)cc(Cl)cc1Cl. The van der Waals surface area contributed by atoms with Gasteiger partial charge < -0.3 is 15.8 Å². The van der Waals surface area contributed by atoms with Crippen LogP contribution >= 0.6 is 23.2 Å². The van der Waals surface area contributed by atoms with Crippen LogP contribution in [-0.2, 0) is 9.53 Å². The lowest BCUT2D eigenvalue weighted by Crippen LogP contribution is -2.52. The number of halogens is 2. The molecule has 2 rings (SSSR count). The minimum Gasteiger partial charge on any atom is -0.397 e. The van der Waals surface area contributed by atoms with Gasteiger partial charge in [0.05, 0.1) is 35.7 Å². The third-order valence-corrected chi connectivity index (χ3v) is 4.15. The van der Waals surface area contributed by atoms with E-state index in [0.29, 0.717) is 34.6 Å². The van der Waals surface area contributed by atoms with Crippen molar-refractivity contribution in [2.45, 2.75) is 25.9 Å². The Hall–Kier alpha value is -1.01. The number of nitrogens with one attached hydrogen (secondary N) is 1. The molecule has 2 unspecified atom stereocenters. The summed E-state index contributed by atoms with van der Waals surface area (Å²) in [6.07, 6.45) is 0. The Bertz CT molecular complexity index is 516. The summed E-state index contributed by atoms with van der Waals surface area (Å²) in [5.74, 6) is -0.153. The largest absolute Gasteiger partial charge is 0.397 e. The second-order valence-corrected chi connectivity index (χ2v) is 6.02. The molecule has 0 aliphatic carbocycles. The smallest absolute Gasteiger partial charge is 0.241 e. The van der Waals surface area contributed by atoms with Gasteiger partial charge in [0.2, 0.25) is 5.91 Å². The summed E-state index contributed by atoms with van der Waals surface area (Å²) in [6.45, 7) is 5.87. The van der Waals surface area contributed by atoms with E-state index in [2.05, 4.69) is 10.2 Å². The summed E-state index contributed by atoms with van der Waals surface area (Å²) in [4.78, 5) is 14.5. The van der Waals surface area contributed by atoms with Crippen LogP contribution in [0.2, 0.25) is 10.0 Å². The van der Waals surface area contributed by atoms with Crippen LogP contribution in [-0.4, -0.2) is 42.6 Å². The van der Waals surface area contributed by atoms with Crippen molar-refractivity contribution in [3.63, 3.8) is 0 Å². The number of carbonyl (C=O) groups is 1. The zero-order chi connectivity index (χ0) is 15.6. The number of hydrogen-bond acceptors (Lipinski definition) is 4. The van der Waals surface area contributed by atoms with Crippen LogP contribution in [0.25, 0.3) is 0 Å². The molecule has 1 fully saturated rings. The Labute approximate surface area is 134 Å². The van der Waals surface area contributed by atoms with Gasteiger partial charge in [-0.2, -0.15) is 0 Å². The van der Waals surface area contributed by atoms with Gasteiger partial charge in [0.15, 0.2) is 0 Å². The quantitative estimate of drug-likeness (QED) is 0.835. The molecule has 1 aromatic rings. The fourth-order valence-corrected chi connectivity index (χ4v) is 2.98. The highest BCUT2D eigenvalue weighted by atomic mass is 35.5. The minimum absolute atomic E-state index is 0.153. The van der Waals surface area contributed by atoms with Crippen molar-refractivity contribution in [3.05, 3.63) is 22.2 Å². The van der Waals surface area contributed by atoms with Gasteiger partial charge in [-0.05, 0) is 26.0 Å². The van der Waals surface area contributed by atoms with Gasteiger partial charge in [-0.3, -0.25) is 9.69 Å². The second-order valence-electron chi connectivity index (χ2n) is 5.18. The zero-order valence-corrected chi connectivity index (χ0v) is 13.5. The van der Waals surface area contributed by atoms with Gasteiger partial charge in [0.1, 0.15) is 0 Å². The van der Waals surface area contributed by atoms with Gasteiger partial charge in [-0.25, -0.2) is 0 Å². The number of benzene rings is 1. The van der Waals surface area contributed by atoms with Gasteiger partial charge in [-0.1, -0.05) is 23.2 Å². The second kappa shape index (κ2) is 6.83. The van der Waals surface area contributed by atoms with Crippen LogP contribution < -0.4 is 11.1 Å². The van der Waals surface area contributed by atoms with Crippen LogP contribution in [0.1, 0.15) is 13.8 Å². The Balaban J connectivity index is 2.10. The Morgan fingerprint density at radius 1 is 1.52 bits per heavy atom. The molecular formula is C14H19Cl2N3O2. The third kappa shape index (κ3) is 3.80. The number of amides is 1. The summed E-state index contributed by atoms with van der Waals surface area (Å²) in [6, 6.07) is 3.01. The maximum Gasteiger partial charge on any atom is 0.241 e. The van der Waals surface area contributed by atoms with E-state index in [-0.39, 0.29) is 18.0 Å². The molecule has 3 N–H and O–H groups in total. The molecule has 1 aliphatic heterocycles. The molecule has 0 spiro atoms. The molecule has 1 heterocycles. The molecule has 7 heteroatoms. The summed E-state index contributed by atoms with van der Waals surface area (Å²) in [5.41, 5.74) is 6.61. The number of nitrogens with two attached hydrogens (primary N) is 1. The van der Waals surface area contributed by atoms with Crippen molar-refractivity contribution >= 4 is 40.5 Å². The number of nitrogen functional groups attached to an aromatic ring is 1. The molecule has 0 bridgehead atoms. The zero-order valence-electron chi connectivity index (χ0n) is 12.0. The lowest BCUT2D eigenvalue weighted by atomic mass is 10.1. The van der Waals surface area contributed by atoms with Gasteiger partial charge in [0.25, 0.3) is 0 Å². The average Bonchev–Trinajstić information content (AvgIpc) is 2.42. The van der Waals surface area contributed by atoms with Gasteiger partial charge >= 0.3 is 0 Å². The molecule has 116 valence electrons. The molecule has 1 amide bonds. The summed E-state index contributed by atoms with van der Waals surface area (Å²) >= 11 is 11.9. The fraction of sp³-hybridized carbons (Fsp3) is 0.500. The number of hydrogen-bond donors (Lipinski definition) is 2. The van der Waals surface area contributed by atoms with Crippen LogP contribution in [0.15, 0.2) is 12.1 Å². The monoisotopic (exact) mass is 331 g/mol. The van der Waals surface area contributed by atoms with Crippen LogP contribution in [0.3, 0.4) is 0 Å². The predicted octanol–water partition coefficient (Wildman–Crippen LogP) is 2.62. The Morgan fingerprint density at radius 3 is 2.86 bits per heavy atom. The van der Waals surface area contributed by atoms with E-state index < -0.39 is 0 Å². The van der Waals surface area contributed by atoms with E-state index in [1.807, 2.05) is 13.8 Å². The Morgan fingerprint density at radius 2 is 2.24 bits per heavy atom. The van der Waals surface area contributed by atoms with Crippen molar-refractivity contribution < 1.29 is 9.53 Å². The molecule has 0 radical (unpaired) electrons. The first kappa shape index (κ1) is 16.4. The number of rotatable bonds is 3. The Kier molecular flexibility index (Phi) is 5.32. The molecule has 5 nitrogen and oxygen atoms in total. The van der Waals surface area contributed by atoms with Crippen LogP contribution in [0.4, 0.5) is 11.4 Å². The maximum absolute atomic E-state index is 12.4. The highest BCUT2D eigenvalue weighted by Gasteiger charge is 2.28. The van der Waals surface area contributed by atoms with Crippen molar-refractivity contribution in [1.29, 1.82) is 0 Å².